The number of carboxylic acid groups (broad SMARTS) is 1. The predicted octanol–water partition coefficient (Wildman–Crippen LogP) is 1.55. The monoisotopic (exact) mass is 269 g/mol. The van der Waals surface area contributed by atoms with Gasteiger partial charge in [0.25, 0.3) is 0 Å². The van der Waals surface area contributed by atoms with Crippen molar-refractivity contribution in [2.75, 3.05) is 0 Å². The molecule has 6 heteroatoms. The molecule has 0 saturated carbocycles. The van der Waals surface area contributed by atoms with E-state index in [1.54, 1.807) is 31.4 Å². The minimum atomic E-state index is -1.12. The smallest absolute Gasteiger partial charge is 0.305 e. The molecule has 1 amide bonds. The third-order valence-electron chi connectivity index (χ3n) is 2.30. The number of carbonyl (C=O) groups excluding carboxylic acids is 2. The minimum absolute atomic E-state index is 0.294. The van der Waals surface area contributed by atoms with Gasteiger partial charge in [0.2, 0.25) is 5.91 Å². The molecule has 1 atom stereocenters. The minimum Gasteiger partial charge on any atom is -0.481 e. The summed E-state index contributed by atoms with van der Waals surface area (Å²) in [7, 11) is 0. The van der Waals surface area contributed by atoms with Gasteiger partial charge in [-0.3, -0.25) is 14.4 Å². The van der Waals surface area contributed by atoms with Gasteiger partial charge in [-0.2, -0.15) is 0 Å². The molecule has 0 aromatic carbocycles. The van der Waals surface area contributed by atoms with Crippen molar-refractivity contribution in [3.63, 3.8) is 0 Å². The molecule has 0 bridgehead atoms. The van der Waals surface area contributed by atoms with Gasteiger partial charge in [-0.1, -0.05) is 19.9 Å². The van der Waals surface area contributed by atoms with Gasteiger partial charge in [0.05, 0.1) is 11.3 Å². The maximum Gasteiger partial charge on any atom is 0.305 e. The standard InChI is InChI=1S/C12H15NO4S/c1-7(2)12(17)13-8(6-10(14)15)11(16)9-4-3-5-18-9/h3-5,7-8H,6H2,1-2H3,(H,13,17)(H,14,15). The molecule has 0 spiro atoms. The van der Waals surface area contributed by atoms with Crippen molar-refractivity contribution < 1.29 is 19.5 Å². The summed E-state index contributed by atoms with van der Waals surface area (Å²) in [4.78, 5) is 34.8. The molecule has 2 N–H and O–H groups in total. The van der Waals surface area contributed by atoms with E-state index in [2.05, 4.69) is 5.32 Å². The molecular weight excluding hydrogens is 254 g/mol. The van der Waals surface area contributed by atoms with Gasteiger partial charge in [0.1, 0.15) is 6.04 Å². The van der Waals surface area contributed by atoms with Crippen LogP contribution in [0.5, 0.6) is 0 Å². The Labute approximate surface area is 109 Å². The molecule has 0 aliphatic carbocycles. The number of rotatable bonds is 6. The lowest BCUT2D eigenvalue weighted by Crippen LogP contribution is -2.43. The van der Waals surface area contributed by atoms with Crippen molar-refractivity contribution in [1.29, 1.82) is 0 Å². The van der Waals surface area contributed by atoms with E-state index in [0.717, 1.165) is 0 Å². The molecule has 0 radical (unpaired) electrons. The van der Waals surface area contributed by atoms with E-state index in [9.17, 15) is 14.4 Å². The maximum absolute atomic E-state index is 12.0. The highest BCUT2D eigenvalue weighted by Gasteiger charge is 2.26. The van der Waals surface area contributed by atoms with Crippen LogP contribution in [0.1, 0.15) is 29.9 Å². The Hall–Kier alpha value is -1.69. The molecule has 98 valence electrons. The molecule has 5 nitrogen and oxygen atoms in total. The molecule has 1 rings (SSSR count). The van der Waals surface area contributed by atoms with E-state index in [-0.39, 0.29) is 17.6 Å². The third-order valence-corrected chi connectivity index (χ3v) is 3.18. The average Bonchev–Trinajstić information content (AvgIpc) is 2.79. The van der Waals surface area contributed by atoms with Crippen LogP contribution < -0.4 is 5.32 Å². The lowest BCUT2D eigenvalue weighted by Gasteiger charge is -2.16. The SMILES string of the molecule is CC(C)C(=O)NC(CC(=O)O)C(=O)c1cccs1. The second-order valence-corrected chi connectivity index (χ2v) is 5.10. The second kappa shape index (κ2) is 6.30. The summed E-state index contributed by atoms with van der Waals surface area (Å²) in [5.41, 5.74) is 0. The van der Waals surface area contributed by atoms with Gasteiger partial charge in [0.15, 0.2) is 5.78 Å². The Morgan fingerprint density at radius 3 is 2.50 bits per heavy atom. The number of Topliss-reactive ketones (excluding diaryl/α,β-unsaturated/α-hetero) is 1. The number of carboxylic acids is 1. The number of nitrogens with one attached hydrogen (secondary N) is 1. The zero-order valence-corrected chi connectivity index (χ0v) is 11.0. The highest BCUT2D eigenvalue weighted by Crippen LogP contribution is 2.13. The topological polar surface area (TPSA) is 83.5 Å². The Bertz CT molecular complexity index is 439. The summed E-state index contributed by atoms with van der Waals surface area (Å²) in [5, 5.41) is 13.0. The van der Waals surface area contributed by atoms with Crippen molar-refractivity contribution in [1.82, 2.24) is 5.32 Å². The first-order valence-electron chi connectivity index (χ1n) is 5.51. The number of thiophene rings is 1. The van der Waals surface area contributed by atoms with E-state index in [4.69, 9.17) is 5.11 Å². The third kappa shape index (κ3) is 3.96. The fourth-order valence-corrected chi connectivity index (χ4v) is 2.03. The molecule has 1 unspecified atom stereocenters. The van der Waals surface area contributed by atoms with Crippen LogP contribution in [0, 0.1) is 5.92 Å². The Morgan fingerprint density at radius 1 is 1.39 bits per heavy atom. The summed E-state index contributed by atoms with van der Waals surface area (Å²) in [6, 6.07) is 2.32. The zero-order valence-electron chi connectivity index (χ0n) is 10.2. The van der Waals surface area contributed by atoms with Gasteiger partial charge >= 0.3 is 5.97 Å². The largest absolute Gasteiger partial charge is 0.481 e. The number of ketones is 1. The van der Waals surface area contributed by atoms with Gasteiger partial charge in [-0.15, -0.1) is 11.3 Å². The first-order valence-corrected chi connectivity index (χ1v) is 6.39. The Morgan fingerprint density at radius 2 is 2.06 bits per heavy atom. The predicted molar refractivity (Wildman–Crippen MR) is 67.7 cm³/mol. The van der Waals surface area contributed by atoms with E-state index < -0.39 is 18.4 Å². The van der Waals surface area contributed by atoms with Crippen LogP contribution in [0.25, 0.3) is 0 Å². The summed E-state index contributed by atoms with van der Waals surface area (Å²) < 4.78 is 0. The lowest BCUT2D eigenvalue weighted by atomic mass is 10.1. The summed E-state index contributed by atoms with van der Waals surface area (Å²) in [5.74, 6) is -2.10. The molecule has 0 saturated heterocycles. The van der Waals surface area contributed by atoms with Crippen LogP contribution >= 0.6 is 11.3 Å². The van der Waals surface area contributed by atoms with Crippen molar-refractivity contribution in [2.24, 2.45) is 5.92 Å². The Balaban J connectivity index is 2.81. The highest BCUT2D eigenvalue weighted by molar-refractivity contribution is 7.12. The van der Waals surface area contributed by atoms with E-state index in [1.165, 1.54) is 11.3 Å². The lowest BCUT2D eigenvalue weighted by molar-refractivity contribution is -0.137. The van der Waals surface area contributed by atoms with Crippen LogP contribution in [-0.4, -0.2) is 28.8 Å². The van der Waals surface area contributed by atoms with Crippen molar-refractivity contribution in [3.8, 4) is 0 Å². The molecule has 18 heavy (non-hydrogen) atoms. The molecule has 1 aromatic heterocycles. The van der Waals surface area contributed by atoms with Gasteiger partial charge < -0.3 is 10.4 Å². The molecule has 0 aliphatic rings. The number of hydrogen-bond donors (Lipinski definition) is 2. The normalized spacial score (nSPS) is 12.2. The van der Waals surface area contributed by atoms with Crippen LogP contribution in [-0.2, 0) is 9.59 Å². The van der Waals surface area contributed by atoms with Crippen molar-refractivity contribution >= 4 is 29.0 Å². The summed E-state index contributed by atoms with van der Waals surface area (Å²) in [6.07, 6.45) is -0.408. The quantitative estimate of drug-likeness (QED) is 0.767. The van der Waals surface area contributed by atoms with Gasteiger partial charge in [-0.05, 0) is 11.4 Å². The Kier molecular flexibility index (Phi) is 5.03. The number of amides is 1. The second-order valence-electron chi connectivity index (χ2n) is 4.16. The highest BCUT2D eigenvalue weighted by atomic mass is 32.1. The van der Waals surface area contributed by atoms with Crippen LogP contribution in [0.3, 0.4) is 0 Å². The maximum atomic E-state index is 12.0. The van der Waals surface area contributed by atoms with E-state index >= 15 is 0 Å². The molecule has 1 aromatic rings. The van der Waals surface area contributed by atoms with Gasteiger partial charge in [-0.25, -0.2) is 0 Å². The molecule has 0 fully saturated rings. The van der Waals surface area contributed by atoms with Crippen LogP contribution in [0.4, 0.5) is 0 Å². The molecular formula is C12H15NO4S. The van der Waals surface area contributed by atoms with Crippen molar-refractivity contribution in [3.05, 3.63) is 22.4 Å². The zero-order chi connectivity index (χ0) is 13.7. The number of hydrogen-bond acceptors (Lipinski definition) is 4. The first-order chi connectivity index (χ1) is 8.41. The fourth-order valence-electron chi connectivity index (χ4n) is 1.31. The van der Waals surface area contributed by atoms with Gasteiger partial charge in [0, 0.05) is 5.92 Å². The van der Waals surface area contributed by atoms with E-state index in [0.29, 0.717) is 4.88 Å². The summed E-state index contributed by atoms with van der Waals surface area (Å²) >= 11 is 1.23. The van der Waals surface area contributed by atoms with Crippen molar-refractivity contribution in [2.45, 2.75) is 26.3 Å². The number of aliphatic carboxylic acids is 1. The first kappa shape index (κ1) is 14.4. The number of carbonyl (C=O) groups is 3. The van der Waals surface area contributed by atoms with Crippen LogP contribution in [0.15, 0.2) is 17.5 Å². The average molecular weight is 269 g/mol. The van der Waals surface area contributed by atoms with Crippen LogP contribution in [0.2, 0.25) is 0 Å². The molecule has 1 heterocycles. The summed E-state index contributed by atoms with van der Waals surface area (Å²) in [6.45, 7) is 3.37. The van der Waals surface area contributed by atoms with E-state index in [1.807, 2.05) is 0 Å². The molecule has 0 aliphatic heterocycles. The fraction of sp³-hybridized carbons (Fsp3) is 0.417.